The van der Waals surface area contributed by atoms with Crippen LogP contribution in [-0.2, 0) is 4.79 Å². The average molecular weight is 313 g/mol. The van der Waals surface area contributed by atoms with Crippen molar-refractivity contribution in [1.82, 2.24) is 19.9 Å². The number of aromatic nitrogens is 3. The summed E-state index contributed by atoms with van der Waals surface area (Å²) in [5.41, 5.74) is 0.652. The lowest BCUT2D eigenvalue weighted by Gasteiger charge is -2.39. The Morgan fingerprint density at radius 3 is 3.09 bits per heavy atom. The summed E-state index contributed by atoms with van der Waals surface area (Å²) in [6.45, 7) is 5.62. The van der Waals surface area contributed by atoms with Gasteiger partial charge in [-0.3, -0.25) is 4.79 Å². The smallest absolute Gasteiger partial charge is 0.230 e. The summed E-state index contributed by atoms with van der Waals surface area (Å²) in [4.78, 5) is 29.2. The molecule has 0 radical (unpaired) electrons. The van der Waals surface area contributed by atoms with Gasteiger partial charge in [-0.05, 0) is 31.7 Å². The molecule has 2 aromatic heterocycles. The van der Waals surface area contributed by atoms with Crippen molar-refractivity contribution in [2.45, 2.75) is 32.6 Å². The lowest BCUT2D eigenvalue weighted by Crippen LogP contribution is -2.50. The van der Waals surface area contributed by atoms with E-state index in [9.17, 15) is 4.79 Å². The van der Waals surface area contributed by atoms with Gasteiger partial charge in [-0.25, -0.2) is 9.97 Å². The number of H-pyrrole nitrogens is 1. The summed E-state index contributed by atoms with van der Waals surface area (Å²) in [5.74, 6) is 1.31. The maximum absolute atomic E-state index is 13.0. The van der Waals surface area contributed by atoms with E-state index >= 15 is 0 Å². The van der Waals surface area contributed by atoms with Crippen LogP contribution in [0, 0.1) is 5.41 Å². The van der Waals surface area contributed by atoms with Crippen molar-refractivity contribution in [1.29, 1.82) is 0 Å². The van der Waals surface area contributed by atoms with Gasteiger partial charge in [0.25, 0.3) is 0 Å². The fourth-order valence-electron chi connectivity index (χ4n) is 4.18. The fraction of sp³-hybridized carbons (Fsp3) is 0.588. The van der Waals surface area contributed by atoms with Crippen LogP contribution in [0.4, 0.5) is 5.82 Å². The Labute approximate surface area is 135 Å². The van der Waals surface area contributed by atoms with Crippen LogP contribution in [0.3, 0.4) is 0 Å². The number of nitrogens with zero attached hydrogens (tertiary/aromatic N) is 4. The predicted octanol–water partition coefficient (Wildman–Crippen LogP) is 2.19. The number of aromatic amines is 1. The highest BCUT2D eigenvalue weighted by atomic mass is 16.2. The summed E-state index contributed by atoms with van der Waals surface area (Å²) < 4.78 is 0. The first kappa shape index (κ1) is 14.5. The summed E-state index contributed by atoms with van der Waals surface area (Å²) in [5, 5.41) is 1.04. The van der Waals surface area contributed by atoms with Crippen LogP contribution in [0.25, 0.3) is 11.0 Å². The van der Waals surface area contributed by atoms with Gasteiger partial charge in [0.1, 0.15) is 17.8 Å². The molecule has 2 aromatic rings. The van der Waals surface area contributed by atoms with Gasteiger partial charge in [-0.1, -0.05) is 6.92 Å². The molecule has 0 unspecified atom stereocenters. The first-order valence-electron chi connectivity index (χ1n) is 8.56. The molecule has 0 aromatic carbocycles. The van der Waals surface area contributed by atoms with Gasteiger partial charge in [0, 0.05) is 32.4 Å². The van der Waals surface area contributed by atoms with E-state index in [1.54, 1.807) is 6.33 Å². The van der Waals surface area contributed by atoms with Crippen molar-refractivity contribution in [3.8, 4) is 0 Å². The van der Waals surface area contributed by atoms with E-state index < -0.39 is 0 Å². The Balaban J connectivity index is 1.61. The van der Waals surface area contributed by atoms with Gasteiger partial charge >= 0.3 is 0 Å². The van der Waals surface area contributed by atoms with Crippen LogP contribution in [0.1, 0.15) is 32.6 Å². The molecular weight excluding hydrogens is 290 g/mol. The minimum absolute atomic E-state index is 0.207. The molecule has 1 atom stereocenters. The van der Waals surface area contributed by atoms with Crippen LogP contribution < -0.4 is 4.90 Å². The Kier molecular flexibility index (Phi) is 3.47. The van der Waals surface area contributed by atoms with Crippen LogP contribution in [0.5, 0.6) is 0 Å². The molecule has 2 fully saturated rings. The largest absolute Gasteiger partial charge is 0.355 e. The molecule has 0 aliphatic carbocycles. The number of hydrogen-bond donors (Lipinski definition) is 1. The van der Waals surface area contributed by atoms with E-state index in [1.165, 1.54) is 0 Å². The molecule has 6 heteroatoms. The summed E-state index contributed by atoms with van der Waals surface area (Å²) in [7, 11) is 0. The average Bonchev–Trinajstić information content (AvgIpc) is 3.19. The van der Waals surface area contributed by atoms with Gasteiger partial charge in [-0.15, -0.1) is 0 Å². The van der Waals surface area contributed by atoms with Crippen molar-refractivity contribution in [2.75, 3.05) is 31.1 Å². The second kappa shape index (κ2) is 5.51. The number of fused-ring (bicyclic) bond motifs is 1. The van der Waals surface area contributed by atoms with Crippen LogP contribution in [-0.4, -0.2) is 51.9 Å². The molecule has 2 aliphatic heterocycles. The van der Waals surface area contributed by atoms with Crippen LogP contribution in [0.15, 0.2) is 18.6 Å². The number of carbonyl (C=O) groups is 1. The molecular formula is C17H23N5O. The Morgan fingerprint density at radius 2 is 2.22 bits per heavy atom. The topological polar surface area (TPSA) is 65.1 Å². The quantitative estimate of drug-likeness (QED) is 0.943. The zero-order valence-corrected chi connectivity index (χ0v) is 13.6. The SMILES string of the molecule is CCCN1CCC[C@@]2(CCN(c3ncnc4[nH]ccc34)C2)C1=O. The van der Waals surface area contributed by atoms with E-state index in [4.69, 9.17) is 0 Å². The summed E-state index contributed by atoms with van der Waals surface area (Å²) in [6, 6.07) is 2.02. The molecule has 4 rings (SSSR count). The lowest BCUT2D eigenvalue weighted by atomic mass is 9.78. The maximum atomic E-state index is 13.0. The monoisotopic (exact) mass is 313 g/mol. The molecule has 1 N–H and O–H groups in total. The number of anilines is 1. The van der Waals surface area contributed by atoms with E-state index in [0.29, 0.717) is 5.91 Å². The van der Waals surface area contributed by atoms with E-state index in [1.807, 2.05) is 12.3 Å². The second-order valence-electron chi connectivity index (χ2n) is 6.78. The highest BCUT2D eigenvalue weighted by Gasteiger charge is 2.48. The molecule has 1 amide bonds. The molecule has 0 saturated carbocycles. The maximum Gasteiger partial charge on any atom is 0.230 e. The summed E-state index contributed by atoms with van der Waals surface area (Å²) >= 11 is 0. The van der Waals surface area contributed by atoms with Crippen LogP contribution >= 0.6 is 0 Å². The molecule has 2 saturated heterocycles. The van der Waals surface area contributed by atoms with Gasteiger partial charge < -0.3 is 14.8 Å². The number of hydrogen-bond acceptors (Lipinski definition) is 4. The molecule has 6 nitrogen and oxygen atoms in total. The highest BCUT2D eigenvalue weighted by molar-refractivity contribution is 5.89. The summed E-state index contributed by atoms with van der Waals surface area (Å²) in [6.07, 6.45) is 7.57. The number of piperidine rings is 1. The minimum Gasteiger partial charge on any atom is -0.355 e. The van der Waals surface area contributed by atoms with Gasteiger partial charge in [0.2, 0.25) is 5.91 Å². The Bertz CT molecular complexity index is 725. The number of nitrogens with one attached hydrogen (secondary N) is 1. The highest BCUT2D eigenvalue weighted by Crippen LogP contribution is 2.42. The molecule has 23 heavy (non-hydrogen) atoms. The third-order valence-electron chi connectivity index (χ3n) is 5.30. The van der Waals surface area contributed by atoms with E-state index in [2.05, 4.69) is 31.7 Å². The molecule has 1 spiro atoms. The zero-order chi connectivity index (χ0) is 15.9. The lowest BCUT2D eigenvalue weighted by molar-refractivity contribution is -0.145. The van der Waals surface area contributed by atoms with Crippen molar-refractivity contribution in [2.24, 2.45) is 5.41 Å². The predicted molar refractivity (Wildman–Crippen MR) is 89.3 cm³/mol. The Hall–Kier alpha value is -2.11. The first-order valence-corrected chi connectivity index (χ1v) is 8.56. The molecule has 4 heterocycles. The van der Waals surface area contributed by atoms with Gasteiger partial charge in [0.05, 0.1) is 10.8 Å². The Morgan fingerprint density at radius 1 is 1.30 bits per heavy atom. The van der Waals surface area contributed by atoms with Crippen molar-refractivity contribution in [3.63, 3.8) is 0 Å². The van der Waals surface area contributed by atoms with Gasteiger partial charge in [-0.2, -0.15) is 0 Å². The minimum atomic E-state index is -0.207. The third-order valence-corrected chi connectivity index (χ3v) is 5.30. The number of likely N-dealkylation sites (tertiary alicyclic amines) is 1. The standard InChI is InChI=1S/C17H23N5O/c1-2-8-21-9-3-5-17(16(21)23)6-10-22(11-17)15-13-4-7-18-14(13)19-12-20-15/h4,7,12H,2-3,5-6,8-11H2,1H3,(H,18,19,20)/t17-/m0/s1. The fourth-order valence-corrected chi connectivity index (χ4v) is 4.18. The van der Waals surface area contributed by atoms with Crippen molar-refractivity contribution in [3.05, 3.63) is 18.6 Å². The number of carbonyl (C=O) groups excluding carboxylic acids is 1. The molecule has 2 aliphatic rings. The van der Waals surface area contributed by atoms with Crippen molar-refractivity contribution >= 4 is 22.8 Å². The second-order valence-corrected chi connectivity index (χ2v) is 6.78. The normalized spacial score (nSPS) is 25.0. The van der Waals surface area contributed by atoms with Gasteiger partial charge in [0.15, 0.2) is 0 Å². The van der Waals surface area contributed by atoms with Crippen LogP contribution in [0.2, 0.25) is 0 Å². The number of amides is 1. The molecule has 122 valence electrons. The molecule has 0 bridgehead atoms. The zero-order valence-electron chi connectivity index (χ0n) is 13.6. The number of rotatable bonds is 3. The van der Waals surface area contributed by atoms with E-state index in [-0.39, 0.29) is 5.41 Å². The first-order chi connectivity index (χ1) is 11.2. The third kappa shape index (κ3) is 2.28. The van der Waals surface area contributed by atoms with E-state index in [0.717, 1.165) is 68.7 Å². The van der Waals surface area contributed by atoms with Crippen molar-refractivity contribution < 1.29 is 4.79 Å².